The van der Waals surface area contributed by atoms with Gasteiger partial charge in [-0.15, -0.1) is 13.2 Å². The number of hydrogen-bond acceptors (Lipinski definition) is 3. The molecule has 0 fully saturated rings. The van der Waals surface area contributed by atoms with Crippen molar-refractivity contribution in [2.45, 2.75) is 58.3 Å². The van der Waals surface area contributed by atoms with Gasteiger partial charge in [-0.05, 0) is 70.8 Å². The second-order valence-electron chi connectivity index (χ2n) is 9.14. The Morgan fingerprint density at radius 1 is 0.909 bits per heavy atom. The summed E-state index contributed by atoms with van der Waals surface area (Å²) in [5.74, 6) is -0.186. The minimum atomic E-state index is -4.66. The van der Waals surface area contributed by atoms with Gasteiger partial charge in [-0.1, -0.05) is 48.5 Å². The van der Waals surface area contributed by atoms with Gasteiger partial charge in [-0.2, -0.15) is 0 Å². The van der Waals surface area contributed by atoms with E-state index in [4.69, 9.17) is 0 Å². The summed E-state index contributed by atoms with van der Waals surface area (Å²) in [6.45, 7) is 5.41. The van der Waals surface area contributed by atoms with Crippen LogP contribution >= 0.6 is 0 Å². The molecule has 0 saturated carbocycles. The van der Waals surface area contributed by atoms with E-state index in [1.807, 2.05) is 0 Å². The van der Waals surface area contributed by atoms with Crippen LogP contribution in [0.4, 0.5) is 13.2 Å². The second-order valence-corrected chi connectivity index (χ2v) is 9.14. The number of ether oxygens (including phenoxy) is 1. The molecule has 1 aliphatic heterocycles. The zero-order valence-electron chi connectivity index (χ0n) is 18.6. The molecular formula is C27H27F3N2O. The molecule has 33 heavy (non-hydrogen) atoms. The van der Waals surface area contributed by atoms with Crippen molar-refractivity contribution in [3.05, 3.63) is 99.6 Å². The maximum atomic E-state index is 12.4. The molecule has 6 heteroatoms. The summed E-state index contributed by atoms with van der Waals surface area (Å²) in [4.78, 5) is 2.32. The van der Waals surface area contributed by atoms with E-state index in [1.165, 1.54) is 45.5 Å². The van der Waals surface area contributed by atoms with Crippen LogP contribution in [0.5, 0.6) is 5.75 Å². The average Bonchev–Trinajstić information content (AvgIpc) is 3.36. The molecule has 1 aliphatic carbocycles. The Balaban J connectivity index is 1.18. The van der Waals surface area contributed by atoms with Crippen LogP contribution < -0.4 is 10.1 Å². The smallest absolute Gasteiger partial charge is 0.406 e. The fourth-order valence-electron chi connectivity index (χ4n) is 5.09. The zero-order valence-corrected chi connectivity index (χ0v) is 18.6. The third-order valence-electron chi connectivity index (χ3n) is 6.61. The van der Waals surface area contributed by atoms with Gasteiger partial charge in [-0.3, -0.25) is 4.90 Å². The van der Waals surface area contributed by atoms with E-state index >= 15 is 0 Å². The van der Waals surface area contributed by atoms with Crippen molar-refractivity contribution >= 4 is 0 Å². The number of alkyl halides is 3. The Bertz CT molecular complexity index is 1120. The summed E-state index contributed by atoms with van der Waals surface area (Å²) in [5.41, 5.74) is 9.19. The monoisotopic (exact) mass is 452 g/mol. The molecule has 0 aromatic heterocycles. The summed E-state index contributed by atoms with van der Waals surface area (Å²) in [6, 6.07) is 19.9. The first-order valence-electron chi connectivity index (χ1n) is 11.3. The van der Waals surface area contributed by atoms with E-state index in [0.29, 0.717) is 12.6 Å². The lowest BCUT2D eigenvalue weighted by atomic mass is 10.0. The molecule has 0 amide bonds. The van der Waals surface area contributed by atoms with Crippen molar-refractivity contribution in [1.82, 2.24) is 10.2 Å². The quantitative estimate of drug-likeness (QED) is 0.522. The minimum absolute atomic E-state index is 0.186. The maximum absolute atomic E-state index is 12.4. The molecule has 0 atom stereocenters. The van der Waals surface area contributed by atoms with Gasteiger partial charge in [0.05, 0.1) is 0 Å². The van der Waals surface area contributed by atoms with Gasteiger partial charge in [0.2, 0.25) is 0 Å². The molecule has 3 aromatic carbocycles. The maximum Gasteiger partial charge on any atom is 0.573 e. The van der Waals surface area contributed by atoms with Crippen molar-refractivity contribution in [2.24, 2.45) is 0 Å². The zero-order chi connectivity index (χ0) is 23.0. The topological polar surface area (TPSA) is 24.5 Å². The Morgan fingerprint density at radius 2 is 1.61 bits per heavy atom. The second kappa shape index (κ2) is 8.84. The Kier molecular flexibility index (Phi) is 5.89. The highest BCUT2D eigenvalue weighted by molar-refractivity contribution is 5.41. The summed E-state index contributed by atoms with van der Waals surface area (Å²) in [5, 5.41) is 3.73. The van der Waals surface area contributed by atoms with Gasteiger partial charge in [0.15, 0.2) is 0 Å². The van der Waals surface area contributed by atoms with E-state index in [2.05, 4.69) is 58.3 Å². The predicted octanol–water partition coefficient (Wildman–Crippen LogP) is 5.67. The molecule has 0 bridgehead atoms. The van der Waals surface area contributed by atoms with E-state index in [9.17, 15) is 13.2 Å². The van der Waals surface area contributed by atoms with Crippen LogP contribution in [-0.4, -0.2) is 17.3 Å². The summed E-state index contributed by atoms with van der Waals surface area (Å²) >= 11 is 0. The number of aryl methyl sites for hydroxylation is 1. The fourth-order valence-corrected chi connectivity index (χ4v) is 5.09. The van der Waals surface area contributed by atoms with Crippen molar-refractivity contribution in [1.29, 1.82) is 0 Å². The standard InChI is InChI=1S/C27H27F3N2O/c1-18-10-20(14-31-24-12-21-4-2-3-5-22(21)13-24)11-23-16-32(17-26(18)23)15-19-6-8-25(9-7-19)33-27(28,29)30/h2-11,24,31H,12-17H2,1H3. The molecule has 0 saturated heterocycles. The molecular weight excluding hydrogens is 425 g/mol. The average molecular weight is 453 g/mol. The van der Waals surface area contributed by atoms with Crippen LogP contribution in [-0.2, 0) is 39.0 Å². The molecule has 5 rings (SSSR count). The number of nitrogens with one attached hydrogen (secondary N) is 1. The SMILES string of the molecule is Cc1cc(CNC2Cc3ccccc3C2)cc2c1CN(Cc1ccc(OC(F)(F)F)cc1)C2. The number of nitrogens with zero attached hydrogens (tertiary/aromatic N) is 1. The van der Waals surface area contributed by atoms with E-state index < -0.39 is 6.36 Å². The number of rotatable bonds is 6. The van der Waals surface area contributed by atoms with Crippen LogP contribution in [0.15, 0.2) is 60.7 Å². The largest absolute Gasteiger partial charge is 0.573 e. The lowest BCUT2D eigenvalue weighted by Gasteiger charge is -2.15. The van der Waals surface area contributed by atoms with Gasteiger partial charge < -0.3 is 10.1 Å². The Hall–Kier alpha value is -2.83. The first-order valence-corrected chi connectivity index (χ1v) is 11.3. The Labute approximate surface area is 192 Å². The van der Waals surface area contributed by atoms with Crippen LogP contribution in [0, 0.1) is 6.92 Å². The number of benzene rings is 3. The number of fused-ring (bicyclic) bond motifs is 2. The molecule has 3 nitrogen and oxygen atoms in total. The van der Waals surface area contributed by atoms with Crippen molar-refractivity contribution in [2.75, 3.05) is 0 Å². The molecule has 1 heterocycles. The van der Waals surface area contributed by atoms with Crippen LogP contribution in [0.25, 0.3) is 0 Å². The molecule has 172 valence electrons. The molecule has 1 N–H and O–H groups in total. The highest BCUT2D eigenvalue weighted by Crippen LogP contribution is 2.30. The van der Waals surface area contributed by atoms with E-state index in [1.54, 1.807) is 12.1 Å². The summed E-state index contributed by atoms with van der Waals surface area (Å²) in [6.07, 6.45) is -2.49. The lowest BCUT2D eigenvalue weighted by molar-refractivity contribution is -0.274. The van der Waals surface area contributed by atoms with Crippen LogP contribution in [0.3, 0.4) is 0 Å². The summed E-state index contributed by atoms with van der Waals surface area (Å²) < 4.78 is 41.0. The molecule has 0 spiro atoms. The fraction of sp³-hybridized carbons (Fsp3) is 0.333. The van der Waals surface area contributed by atoms with Gasteiger partial charge in [0.25, 0.3) is 0 Å². The highest BCUT2D eigenvalue weighted by atomic mass is 19.4. The number of halogens is 3. The van der Waals surface area contributed by atoms with Gasteiger partial charge in [0, 0.05) is 32.2 Å². The minimum Gasteiger partial charge on any atom is -0.406 e. The van der Waals surface area contributed by atoms with Crippen molar-refractivity contribution in [3.63, 3.8) is 0 Å². The third-order valence-corrected chi connectivity index (χ3v) is 6.61. The molecule has 2 aliphatic rings. The van der Waals surface area contributed by atoms with Crippen molar-refractivity contribution < 1.29 is 17.9 Å². The molecule has 0 radical (unpaired) electrons. The molecule has 0 unspecified atom stereocenters. The highest BCUT2D eigenvalue weighted by Gasteiger charge is 2.31. The summed E-state index contributed by atoms with van der Waals surface area (Å²) in [7, 11) is 0. The van der Waals surface area contributed by atoms with Gasteiger partial charge >= 0.3 is 6.36 Å². The third kappa shape index (κ3) is 5.23. The first-order chi connectivity index (χ1) is 15.8. The van der Waals surface area contributed by atoms with Gasteiger partial charge in [-0.25, -0.2) is 0 Å². The van der Waals surface area contributed by atoms with E-state index in [-0.39, 0.29) is 5.75 Å². The number of hydrogen-bond donors (Lipinski definition) is 1. The first kappa shape index (κ1) is 22.0. The van der Waals surface area contributed by atoms with Crippen LogP contribution in [0.2, 0.25) is 0 Å². The van der Waals surface area contributed by atoms with Crippen molar-refractivity contribution in [3.8, 4) is 5.75 Å². The van der Waals surface area contributed by atoms with E-state index in [0.717, 1.165) is 38.0 Å². The van der Waals surface area contributed by atoms with Crippen LogP contribution in [0.1, 0.15) is 38.9 Å². The lowest BCUT2D eigenvalue weighted by Crippen LogP contribution is -2.29. The normalized spacial score (nSPS) is 16.1. The van der Waals surface area contributed by atoms with Gasteiger partial charge in [0.1, 0.15) is 5.75 Å². The Morgan fingerprint density at radius 3 is 2.27 bits per heavy atom. The molecule has 3 aromatic rings. The predicted molar refractivity (Wildman–Crippen MR) is 122 cm³/mol.